The fourth-order valence-electron chi connectivity index (χ4n) is 6.37. The van der Waals surface area contributed by atoms with Crippen molar-refractivity contribution in [1.82, 2.24) is 20.9 Å². The second-order valence-electron chi connectivity index (χ2n) is 15.5. The van der Waals surface area contributed by atoms with Crippen molar-refractivity contribution in [2.45, 2.75) is 105 Å². The number of aryl methyl sites for hydroxylation is 1. The third kappa shape index (κ3) is 9.78. The van der Waals surface area contributed by atoms with Gasteiger partial charge in [-0.3, -0.25) is 19.2 Å². The van der Waals surface area contributed by atoms with Crippen LogP contribution >= 0.6 is 0 Å². The van der Waals surface area contributed by atoms with Crippen molar-refractivity contribution in [2.75, 3.05) is 13.1 Å². The molecule has 3 rings (SSSR count). The summed E-state index contributed by atoms with van der Waals surface area (Å²) in [5.74, 6) is -2.52. The summed E-state index contributed by atoms with van der Waals surface area (Å²) in [6, 6.07) is 6.98. The number of carbonyl (C=O) groups excluding carboxylic acids is 5. The first-order valence-corrected chi connectivity index (χ1v) is 16.5. The molecule has 0 bridgehead atoms. The SMILES string of the molecule is C=CCCC(NC(=O)[C@@H]1[C@@H]2[C@H](CN1C(=O)[C@@H](NC(=O)OC(C)(C)C)C(C)(C)C)C2(C)C)C(=O)C(=O)NCC(=C)CCc1ccccc1. The van der Waals surface area contributed by atoms with Crippen LogP contribution in [0.3, 0.4) is 0 Å². The second-order valence-corrected chi connectivity index (χ2v) is 15.5. The van der Waals surface area contributed by atoms with Crippen LogP contribution in [0.2, 0.25) is 0 Å². The van der Waals surface area contributed by atoms with E-state index in [0.717, 1.165) is 17.6 Å². The zero-order chi connectivity index (χ0) is 35.3. The Labute approximate surface area is 280 Å². The molecule has 1 aromatic rings. The molecular formula is C37H54N4O6. The lowest BCUT2D eigenvalue weighted by Crippen LogP contribution is -2.60. The number of likely N-dealkylation sites (tertiary alicyclic amines) is 1. The number of ether oxygens (including phenoxy) is 1. The van der Waals surface area contributed by atoms with Crippen LogP contribution in [-0.2, 0) is 30.3 Å². The van der Waals surface area contributed by atoms with Crippen molar-refractivity contribution in [1.29, 1.82) is 0 Å². The van der Waals surface area contributed by atoms with E-state index in [0.29, 0.717) is 19.4 Å². The first-order chi connectivity index (χ1) is 21.8. The average molecular weight is 651 g/mol. The lowest BCUT2D eigenvalue weighted by molar-refractivity contribution is -0.145. The Kier molecular flexibility index (Phi) is 11.9. The first kappa shape index (κ1) is 37.5. The Hall–Kier alpha value is -3.95. The van der Waals surface area contributed by atoms with Crippen molar-refractivity contribution >= 4 is 29.6 Å². The van der Waals surface area contributed by atoms with Gasteiger partial charge in [0.05, 0.1) is 6.04 Å². The van der Waals surface area contributed by atoms with E-state index >= 15 is 0 Å². The molecule has 47 heavy (non-hydrogen) atoms. The molecule has 2 aliphatic rings. The van der Waals surface area contributed by atoms with Crippen molar-refractivity contribution in [3.8, 4) is 0 Å². The summed E-state index contributed by atoms with van der Waals surface area (Å²) in [5.41, 5.74) is 0.289. The molecule has 258 valence electrons. The molecule has 2 fully saturated rings. The number of carbonyl (C=O) groups is 5. The number of hydrogen-bond donors (Lipinski definition) is 3. The molecule has 3 N–H and O–H groups in total. The minimum absolute atomic E-state index is 0.0804. The van der Waals surface area contributed by atoms with E-state index in [2.05, 4.69) is 43.0 Å². The van der Waals surface area contributed by atoms with Crippen LogP contribution in [0.1, 0.15) is 80.2 Å². The highest BCUT2D eigenvalue weighted by molar-refractivity contribution is 6.38. The van der Waals surface area contributed by atoms with E-state index in [1.807, 2.05) is 51.1 Å². The number of allylic oxidation sites excluding steroid dienone is 1. The van der Waals surface area contributed by atoms with Crippen LogP contribution in [-0.4, -0.2) is 71.3 Å². The fraction of sp³-hybridized carbons (Fsp3) is 0.595. The summed E-state index contributed by atoms with van der Waals surface area (Å²) in [5, 5.41) is 8.21. The molecule has 1 saturated heterocycles. The van der Waals surface area contributed by atoms with Gasteiger partial charge in [-0.15, -0.1) is 6.58 Å². The molecule has 4 amide bonds. The van der Waals surface area contributed by atoms with Gasteiger partial charge in [-0.2, -0.15) is 0 Å². The summed E-state index contributed by atoms with van der Waals surface area (Å²) in [4.78, 5) is 68.7. The van der Waals surface area contributed by atoms with Crippen LogP contribution < -0.4 is 16.0 Å². The number of fused-ring (bicyclic) bond motifs is 1. The van der Waals surface area contributed by atoms with Gasteiger partial charge in [-0.25, -0.2) is 4.79 Å². The Morgan fingerprint density at radius 1 is 1.04 bits per heavy atom. The number of Topliss-reactive ketones (excluding diaryl/α,β-unsaturated/α-hetero) is 1. The van der Waals surface area contributed by atoms with Crippen LogP contribution in [0.4, 0.5) is 4.79 Å². The molecule has 1 saturated carbocycles. The van der Waals surface area contributed by atoms with Crippen LogP contribution in [0.15, 0.2) is 55.1 Å². The maximum Gasteiger partial charge on any atom is 0.408 e. The number of alkyl carbamates (subject to hydrolysis) is 1. The Morgan fingerprint density at radius 3 is 2.26 bits per heavy atom. The lowest BCUT2D eigenvalue weighted by atomic mass is 9.85. The van der Waals surface area contributed by atoms with Crippen molar-refractivity contribution < 1.29 is 28.7 Å². The predicted octanol–water partition coefficient (Wildman–Crippen LogP) is 4.73. The molecule has 1 aliphatic heterocycles. The molecule has 1 aliphatic carbocycles. The summed E-state index contributed by atoms with van der Waals surface area (Å²) >= 11 is 0. The van der Waals surface area contributed by atoms with Gasteiger partial charge < -0.3 is 25.6 Å². The Balaban J connectivity index is 1.73. The number of hydrogen-bond acceptors (Lipinski definition) is 6. The zero-order valence-electron chi connectivity index (χ0n) is 29.4. The number of nitrogens with zero attached hydrogens (tertiary/aromatic N) is 1. The number of ketones is 1. The Bertz CT molecular complexity index is 1360. The van der Waals surface area contributed by atoms with Gasteiger partial charge in [0.25, 0.3) is 5.91 Å². The zero-order valence-corrected chi connectivity index (χ0v) is 29.4. The minimum Gasteiger partial charge on any atom is -0.444 e. The van der Waals surface area contributed by atoms with E-state index in [9.17, 15) is 24.0 Å². The number of piperidine rings is 1. The highest BCUT2D eigenvalue weighted by Crippen LogP contribution is 2.65. The maximum absolute atomic E-state index is 14.1. The van der Waals surface area contributed by atoms with Crippen molar-refractivity contribution in [3.63, 3.8) is 0 Å². The third-order valence-corrected chi connectivity index (χ3v) is 9.16. The molecule has 5 atom stereocenters. The van der Waals surface area contributed by atoms with Gasteiger partial charge in [0.15, 0.2) is 0 Å². The normalized spacial score (nSPS) is 21.0. The number of amides is 4. The quantitative estimate of drug-likeness (QED) is 0.197. The highest BCUT2D eigenvalue weighted by atomic mass is 16.6. The number of benzene rings is 1. The molecule has 1 heterocycles. The highest BCUT2D eigenvalue weighted by Gasteiger charge is 2.70. The summed E-state index contributed by atoms with van der Waals surface area (Å²) < 4.78 is 5.43. The standard InChI is InChI=1S/C37H54N4O6/c1-11-12-18-26(29(42)32(44)38-21-23(2)19-20-24-16-14-13-15-17-24)39-31(43)28-27-25(37(27,9)10)22-41(28)33(45)30(35(3,4)5)40-34(46)47-36(6,7)8/h11,13-17,25-28,30H,1-2,12,18-22H2,3-10H3,(H,38,44)(H,39,43)(H,40,46)/t25-,26?,27-,28-,30+/m0/s1. The molecule has 0 spiro atoms. The average Bonchev–Trinajstić information content (AvgIpc) is 3.29. The van der Waals surface area contributed by atoms with Crippen molar-refractivity contribution in [3.05, 3.63) is 60.7 Å². The molecule has 10 heteroatoms. The van der Waals surface area contributed by atoms with Crippen LogP contribution in [0, 0.1) is 22.7 Å². The number of nitrogens with one attached hydrogen (secondary N) is 3. The van der Waals surface area contributed by atoms with Gasteiger partial charge >= 0.3 is 6.09 Å². The molecular weight excluding hydrogens is 596 g/mol. The maximum atomic E-state index is 14.1. The largest absolute Gasteiger partial charge is 0.444 e. The van der Waals surface area contributed by atoms with Gasteiger partial charge in [-0.1, -0.05) is 83.2 Å². The van der Waals surface area contributed by atoms with Gasteiger partial charge in [0, 0.05) is 13.1 Å². The first-order valence-electron chi connectivity index (χ1n) is 16.5. The van der Waals surface area contributed by atoms with E-state index in [1.54, 1.807) is 26.8 Å². The van der Waals surface area contributed by atoms with E-state index in [-0.39, 0.29) is 30.2 Å². The van der Waals surface area contributed by atoms with Gasteiger partial charge in [0.1, 0.15) is 17.7 Å². The molecule has 1 unspecified atom stereocenters. The minimum atomic E-state index is -1.10. The van der Waals surface area contributed by atoms with Crippen molar-refractivity contribution in [2.24, 2.45) is 22.7 Å². The molecule has 10 nitrogen and oxygen atoms in total. The molecule has 1 aromatic carbocycles. The summed E-state index contributed by atoms with van der Waals surface area (Å²) in [6.07, 6.45) is 2.89. The van der Waals surface area contributed by atoms with Crippen LogP contribution in [0.25, 0.3) is 0 Å². The second kappa shape index (κ2) is 14.9. The Morgan fingerprint density at radius 2 is 1.68 bits per heavy atom. The summed E-state index contributed by atoms with van der Waals surface area (Å²) in [7, 11) is 0. The monoisotopic (exact) mass is 650 g/mol. The third-order valence-electron chi connectivity index (χ3n) is 9.16. The number of rotatable bonds is 14. The smallest absolute Gasteiger partial charge is 0.408 e. The fourth-order valence-corrected chi connectivity index (χ4v) is 6.37. The molecule has 0 radical (unpaired) electrons. The van der Waals surface area contributed by atoms with Gasteiger partial charge in [-0.05, 0) is 74.7 Å². The predicted molar refractivity (Wildman–Crippen MR) is 182 cm³/mol. The topological polar surface area (TPSA) is 134 Å². The van der Waals surface area contributed by atoms with E-state index < -0.39 is 58.7 Å². The molecule has 0 aromatic heterocycles. The van der Waals surface area contributed by atoms with E-state index in [1.165, 1.54) is 4.90 Å². The lowest BCUT2D eigenvalue weighted by Gasteiger charge is -2.38. The van der Waals surface area contributed by atoms with Crippen LogP contribution in [0.5, 0.6) is 0 Å². The van der Waals surface area contributed by atoms with Gasteiger partial charge in [0.2, 0.25) is 17.6 Å². The summed E-state index contributed by atoms with van der Waals surface area (Å²) in [6.45, 7) is 23.1. The van der Waals surface area contributed by atoms with E-state index in [4.69, 9.17) is 4.74 Å².